The van der Waals surface area contributed by atoms with Gasteiger partial charge in [0.25, 0.3) is 0 Å². The van der Waals surface area contributed by atoms with Crippen LogP contribution >= 0.6 is 11.6 Å². The Morgan fingerprint density at radius 2 is 2.44 bits per heavy atom. The lowest BCUT2D eigenvalue weighted by atomic mass is 10.1. The Bertz CT molecular complexity index is 405. The number of halogens is 1. The van der Waals surface area contributed by atoms with Crippen molar-refractivity contribution in [2.45, 2.75) is 25.4 Å². The van der Waals surface area contributed by atoms with Crippen molar-refractivity contribution in [2.75, 3.05) is 6.61 Å². The summed E-state index contributed by atoms with van der Waals surface area (Å²) in [5.41, 5.74) is 0.596. The van der Waals surface area contributed by atoms with Gasteiger partial charge in [0.2, 0.25) is 0 Å². The average Bonchev–Trinajstić information content (AvgIpc) is 2.73. The quantitative estimate of drug-likeness (QED) is 0.871. The zero-order chi connectivity index (χ0) is 11.5. The van der Waals surface area contributed by atoms with Crippen LogP contribution in [0.2, 0.25) is 5.15 Å². The molecule has 0 bridgehead atoms. The van der Waals surface area contributed by atoms with Gasteiger partial charge in [-0.1, -0.05) is 11.6 Å². The molecule has 0 amide bonds. The Balaban J connectivity index is 2.15. The molecule has 0 saturated carbocycles. The van der Waals surface area contributed by atoms with Gasteiger partial charge in [-0.2, -0.15) is 5.10 Å². The highest BCUT2D eigenvalue weighted by atomic mass is 35.5. The summed E-state index contributed by atoms with van der Waals surface area (Å²) < 4.78 is 5.44. The Morgan fingerprint density at radius 3 is 3.06 bits per heavy atom. The second-order valence-electron chi connectivity index (χ2n) is 3.68. The van der Waals surface area contributed by atoms with Gasteiger partial charge in [0.05, 0.1) is 11.8 Å². The minimum atomic E-state index is -1.09. The number of ether oxygens (including phenoxy) is 1. The SMILES string of the molecule is O=C(O)c1cc(CC2CCCO2)nnc1Cl. The first-order chi connectivity index (χ1) is 7.66. The van der Waals surface area contributed by atoms with E-state index >= 15 is 0 Å². The predicted octanol–water partition coefficient (Wildman–Crippen LogP) is 1.55. The number of carbonyl (C=O) groups is 1. The molecule has 6 heteroatoms. The lowest BCUT2D eigenvalue weighted by Crippen LogP contribution is -2.12. The summed E-state index contributed by atoms with van der Waals surface area (Å²) in [6.45, 7) is 0.761. The van der Waals surface area contributed by atoms with Crippen LogP contribution in [0.1, 0.15) is 28.9 Å². The van der Waals surface area contributed by atoms with Crippen LogP contribution < -0.4 is 0 Å². The fourth-order valence-electron chi connectivity index (χ4n) is 1.71. The number of aromatic carboxylic acids is 1. The van der Waals surface area contributed by atoms with E-state index in [1.807, 2.05) is 0 Å². The highest BCUT2D eigenvalue weighted by Crippen LogP contribution is 2.18. The molecule has 1 saturated heterocycles. The summed E-state index contributed by atoms with van der Waals surface area (Å²) in [5.74, 6) is -1.09. The molecule has 5 nitrogen and oxygen atoms in total. The van der Waals surface area contributed by atoms with Crippen molar-refractivity contribution in [3.05, 3.63) is 22.5 Å². The molecular weight excluding hydrogens is 232 g/mol. The number of nitrogens with zero attached hydrogens (tertiary/aromatic N) is 2. The predicted molar refractivity (Wildman–Crippen MR) is 56.7 cm³/mol. The summed E-state index contributed by atoms with van der Waals surface area (Å²) in [6.07, 6.45) is 2.73. The Hall–Kier alpha value is -1.20. The van der Waals surface area contributed by atoms with E-state index in [1.165, 1.54) is 6.07 Å². The summed E-state index contributed by atoms with van der Waals surface area (Å²) in [4.78, 5) is 10.8. The van der Waals surface area contributed by atoms with E-state index in [2.05, 4.69) is 10.2 Å². The van der Waals surface area contributed by atoms with Gasteiger partial charge >= 0.3 is 5.97 Å². The second-order valence-corrected chi connectivity index (χ2v) is 4.04. The molecule has 0 radical (unpaired) electrons. The monoisotopic (exact) mass is 242 g/mol. The average molecular weight is 243 g/mol. The minimum Gasteiger partial charge on any atom is -0.478 e. The Morgan fingerprint density at radius 1 is 1.62 bits per heavy atom. The molecular formula is C10H11ClN2O3. The van der Waals surface area contributed by atoms with Crippen LogP contribution in [-0.4, -0.2) is 34.0 Å². The standard InChI is InChI=1S/C10H11ClN2O3/c11-9-8(10(14)15)5-6(12-13-9)4-7-2-1-3-16-7/h5,7H,1-4H2,(H,14,15). The van der Waals surface area contributed by atoms with Gasteiger partial charge in [0, 0.05) is 13.0 Å². The van der Waals surface area contributed by atoms with Gasteiger partial charge in [-0.15, -0.1) is 5.10 Å². The molecule has 1 atom stereocenters. The molecule has 1 N–H and O–H groups in total. The third-order valence-electron chi connectivity index (χ3n) is 2.49. The fourth-order valence-corrected chi connectivity index (χ4v) is 1.88. The molecule has 1 aromatic rings. The van der Waals surface area contributed by atoms with Crippen LogP contribution in [0.25, 0.3) is 0 Å². The lowest BCUT2D eigenvalue weighted by molar-refractivity contribution is 0.0695. The topological polar surface area (TPSA) is 72.3 Å². The number of aromatic nitrogens is 2. The molecule has 1 unspecified atom stereocenters. The van der Waals surface area contributed by atoms with E-state index in [-0.39, 0.29) is 16.8 Å². The van der Waals surface area contributed by atoms with Crippen molar-refractivity contribution in [1.82, 2.24) is 10.2 Å². The summed E-state index contributed by atoms with van der Waals surface area (Å²) in [7, 11) is 0. The third-order valence-corrected chi connectivity index (χ3v) is 2.77. The molecule has 2 rings (SSSR count). The maximum Gasteiger partial charge on any atom is 0.338 e. The zero-order valence-corrected chi connectivity index (χ0v) is 9.28. The van der Waals surface area contributed by atoms with Crippen LogP contribution in [0.15, 0.2) is 6.07 Å². The molecule has 1 aromatic heterocycles. The van der Waals surface area contributed by atoms with Crippen molar-refractivity contribution >= 4 is 17.6 Å². The number of carboxylic acids is 1. The summed E-state index contributed by atoms with van der Waals surface area (Å²) in [6, 6.07) is 1.46. The third kappa shape index (κ3) is 2.48. The molecule has 2 heterocycles. The Labute approximate surface area is 97.4 Å². The lowest BCUT2D eigenvalue weighted by Gasteiger charge is -2.08. The first-order valence-electron chi connectivity index (χ1n) is 5.04. The number of hydrogen-bond donors (Lipinski definition) is 1. The van der Waals surface area contributed by atoms with Crippen molar-refractivity contribution in [1.29, 1.82) is 0 Å². The first-order valence-corrected chi connectivity index (χ1v) is 5.41. The molecule has 1 fully saturated rings. The maximum atomic E-state index is 10.8. The van der Waals surface area contributed by atoms with Gasteiger partial charge in [-0.05, 0) is 18.9 Å². The summed E-state index contributed by atoms with van der Waals surface area (Å²) >= 11 is 5.62. The Kier molecular flexibility index (Phi) is 3.36. The minimum absolute atomic E-state index is 0.00957. The smallest absolute Gasteiger partial charge is 0.338 e. The van der Waals surface area contributed by atoms with Crippen molar-refractivity contribution < 1.29 is 14.6 Å². The maximum absolute atomic E-state index is 10.8. The van der Waals surface area contributed by atoms with Gasteiger partial charge in [-0.3, -0.25) is 0 Å². The molecule has 16 heavy (non-hydrogen) atoms. The highest BCUT2D eigenvalue weighted by Gasteiger charge is 2.19. The number of carboxylic acid groups (broad SMARTS) is 1. The van der Waals surface area contributed by atoms with E-state index in [0.29, 0.717) is 12.1 Å². The van der Waals surface area contributed by atoms with Crippen LogP contribution in [0.4, 0.5) is 0 Å². The number of hydrogen-bond acceptors (Lipinski definition) is 4. The second kappa shape index (κ2) is 4.76. The normalized spacial score (nSPS) is 19.9. The number of rotatable bonds is 3. The van der Waals surface area contributed by atoms with Crippen LogP contribution in [0.5, 0.6) is 0 Å². The van der Waals surface area contributed by atoms with Crippen LogP contribution in [0.3, 0.4) is 0 Å². The van der Waals surface area contributed by atoms with E-state index in [1.54, 1.807) is 0 Å². The van der Waals surface area contributed by atoms with Crippen LogP contribution in [0, 0.1) is 0 Å². The summed E-state index contributed by atoms with van der Waals surface area (Å²) in [5, 5.41) is 16.3. The van der Waals surface area contributed by atoms with E-state index in [0.717, 1.165) is 19.4 Å². The molecule has 0 aromatic carbocycles. The van der Waals surface area contributed by atoms with E-state index < -0.39 is 5.97 Å². The van der Waals surface area contributed by atoms with Crippen molar-refractivity contribution in [2.24, 2.45) is 0 Å². The van der Waals surface area contributed by atoms with Gasteiger partial charge in [-0.25, -0.2) is 4.79 Å². The van der Waals surface area contributed by atoms with Gasteiger partial charge < -0.3 is 9.84 Å². The zero-order valence-electron chi connectivity index (χ0n) is 8.52. The van der Waals surface area contributed by atoms with Crippen molar-refractivity contribution in [3.63, 3.8) is 0 Å². The molecule has 0 spiro atoms. The first kappa shape index (κ1) is 11.3. The van der Waals surface area contributed by atoms with E-state index in [9.17, 15) is 4.79 Å². The van der Waals surface area contributed by atoms with E-state index in [4.69, 9.17) is 21.4 Å². The molecule has 1 aliphatic heterocycles. The molecule has 0 aliphatic carbocycles. The highest BCUT2D eigenvalue weighted by molar-refractivity contribution is 6.32. The molecule has 1 aliphatic rings. The molecule has 86 valence electrons. The van der Waals surface area contributed by atoms with Gasteiger partial charge in [0.1, 0.15) is 5.56 Å². The van der Waals surface area contributed by atoms with Crippen LogP contribution in [-0.2, 0) is 11.2 Å². The van der Waals surface area contributed by atoms with Gasteiger partial charge in [0.15, 0.2) is 5.15 Å². The van der Waals surface area contributed by atoms with Crippen molar-refractivity contribution in [3.8, 4) is 0 Å². The fraction of sp³-hybridized carbons (Fsp3) is 0.500. The largest absolute Gasteiger partial charge is 0.478 e.